The van der Waals surface area contributed by atoms with E-state index in [0.717, 1.165) is 25.7 Å². The highest BCUT2D eigenvalue weighted by Gasteiger charge is 2.25. The topological polar surface area (TPSA) is 55.8 Å². The molecular formula is C21H43O4P. The fourth-order valence-electron chi connectivity index (χ4n) is 3.10. The van der Waals surface area contributed by atoms with Crippen molar-refractivity contribution in [3.05, 3.63) is 12.7 Å². The van der Waals surface area contributed by atoms with Gasteiger partial charge in [-0.05, 0) is 12.8 Å². The van der Waals surface area contributed by atoms with Crippen molar-refractivity contribution in [3.63, 3.8) is 0 Å². The van der Waals surface area contributed by atoms with E-state index in [2.05, 4.69) is 20.4 Å². The van der Waals surface area contributed by atoms with Gasteiger partial charge in [0.25, 0.3) is 0 Å². The van der Waals surface area contributed by atoms with E-state index in [0.29, 0.717) is 0 Å². The number of phosphoric acid groups is 1. The molecular weight excluding hydrogens is 347 g/mol. The summed E-state index contributed by atoms with van der Waals surface area (Å²) in [6.45, 7) is 7.99. The standard InChI is InChI=1S/C21H43O4P/c1-4-7-9-11-13-15-17-19-21(18-16-14-12-10-8-5-2)25-26(22,23)24-20-6-3/h6,21H,3-5,7-20H2,1-2H3,(H,22,23). The molecule has 0 aliphatic carbocycles. The van der Waals surface area contributed by atoms with Crippen LogP contribution in [0, 0.1) is 0 Å². The van der Waals surface area contributed by atoms with Gasteiger partial charge in [-0.3, -0.25) is 9.05 Å². The van der Waals surface area contributed by atoms with Gasteiger partial charge in [0.2, 0.25) is 0 Å². The van der Waals surface area contributed by atoms with Crippen molar-refractivity contribution in [2.75, 3.05) is 6.61 Å². The van der Waals surface area contributed by atoms with Gasteiger partial charge in [-0.1, -0.05) is 103 Å². The van der Waals surface area contributed by atoms with Gasteiger partial charge in [-0.25, -0.2) is 4.57 Å². The first-order valence-corrected chi connectivity index (χ1v) is 12.3. The normalized spacial score (nSPS) is 14.9. The lowest BCUT2D eigenvalue weighted by Gasteiger charge is -2.20. The molecule has 0 aromatic carbocycles. The summed E-state index contributed by atoms with van der Waals surface area (Å²) >= 11 is 0. The molecule has 0 rings (SSSR count). The number of unbranched alkanes of at least 4 members (excludes halogenated alkanes) is 11. The van der Waals surface area contributed by atoms with E-state index in [4.69, 9.17) is 9.05 Å². The molecule has 0 aromatic rings. The zero-order valence-corrected chi connectivity index (χ0v) is 18.2. The van der Waals surface area contributed by atoms with Crippen LogP contribution in [-0.2, 0) is 13.6 Å². The second-order valence-corrected chi connectivity index (χ2v) is 8.65. The summed E-state index contributed by atoms with van der Waals surface area (Å²) < 4.78 is 22.4. The Morgan fingerprint density at radius 3 is 1.69 bits per heavy atom. The van der Waals surface area contributed by atoms with Gasteiger partial charge < -0.3 is 4.89 Å². The van der Waals surface area contributed by atoms with E-state index in [1.54, 1.807) is 0 Å². The van der Waals surface area contributed by atoms with Gasteiger partial charge in [-0.15, -0.1) is 6.58 Å². The molecule has 2 atom stereocenters. The van der Waals surface area contributed by atoms with Crippen LogP contribution in [0.5, 0.6) is 0 Å². The number of hydrogen-bond donors (Lipinski definition) is 1. The molecule has 0 spiro atoms. The summed E-state index contributed by atoms with van der Waals surface area (Å²) in [6, 6.07) is 0. The molecule has 156 valence electrons. The quantitative estimate of drug-likeness (QED) is 0.132. The Bertz CT molecular complexity index is 360. The summed E-state index contributed by atoms with van der Waals surface area (Å²) in [4.78, 5) is 9.85. The molecule has 2 unspecified atom stereocenters. The van der Waals surface area contributed by atoms with Crippen LogP contribution in [-0.4, -0.2) is 17.6 Å². The summed E-state index contributed by atoms with van der Waals surface area (Å²) in [7, 11) is -3.97. The predicted octanol–water partition coefficient (Wildman–Crippen LogP) is 7.57. The van der Waals surface area contributed by atoms with Crippen molar-refractivity contribution in [1.29, 1.82) is 0 Å². The van der Waals surface area contributed by atoms with Gasteiger partial charge in [0.05, 0.1) is 12.7 Å². The van der Waals surface area contributed by atoms with Gasteiger partial charge in [0.15, 0.2) is 0 Å². The van der Waals surface area contributed by atoms with E-state index < -0.39 is 7.82 Å². The molecule has 4 nitrogen and oxygen atoms in total. The zero-order chi connectivity index (χ0) is 19.5. The number of hydrogen-bond acceptors (Lipinski definition) is 3. The first-order chi connectivity index (χ1) is 12.6. The molecule has 0 heterocycles. The summed E-state index contributed by atoms with van der Waals surface area (Å²) in [6.07, 6.45) is 18.9. The minimum atomic E-state index is -3.97. The monoisotopic (exact) mass is 390 g/mol. The Hall–Kier alpha value is -0.150. The van der Waals surface area contributed by atoms with Gasteiger partial charge in [0.1, 0.15) is 0 Å². The van der Waals surface area contributed by atoms with E-state index >= 15 is 0 Å². The molecule has 0 aliphatic heterocycles. The summed E-state index contributed by atoms with van der Waals surface area (Å²) in [5, 5.41) is 0. The Morgan fingerprint density at radius 1 is 0.846 bits per heavy atom. The summed E-state index contributed by atoms with van der Waals surface area (Å²) in [5.74, 6) is 0. The zero-order valence-electron chi connectivity index (χ0n) is 17.3. The van der Waals surface area contributed by atoms with Crippen LogP contribution in [0.3, 0.4) is 0 Å². The smallest absolute Gasteiger partial charge is 0.302 e. The lowest BCUT2D eigenvalue weighted by molar-refractivity contribution is 0.0969. The maximum Gasteiger partial charge on any atom is 0.472 e. The molecule has 0 aliphatic rings. The lowest BCUT2D eigenvalue weighted by Crippen LogP contribution is -2.13. The molecule has 0 fully saturated rings. The Kier molecular flexibility index (Phi) is 18.1. The van der Waals surface area contributed by atoms with Crippen LogP contribution in [0.2, 0.25) is 0 Å². The maximum atomic E-state index is 12.0. The van der Waals surface area contributed by atoms with E-state index in [1.165, 1.54) is 76.7 Å². The molecule has 0 aromatic heterocycles. The van der Waals surface area contributed by atoms with Crippen molar-refractivity contribution in [2.45, 2.75) is 116 Å². The average molecular weight is 391 g/mol. The van der Waals surface area contributed by atoms with E-state index in [9.17, 15) is 9.46 Å². The highest BCUT2D eigenvalue weighted by molar-refractivity contribution is 7.47. The Balaban J connectivity index is 4.14. The maximum absolute atomic E-state index is 12.0. The fraction of sp³-hybridized carbons (Fsp3) is 0.905. The Morgan fingerprint density at radius 2 is 1.27 bits per heavy atom. The minimum absolute atomic E-state index is 0.0367. The third-order valence-electron chi connectivity index (χ3n) is 4.65. The Labute approximate surface area is 162 Å². The van der Waals surface area contributed by atoms with Crippen LogP contribution in [0.1, 0.15) is 110 Å². The number of phosphoric ester groups is 1. The first kappa shape index (κ1) is 25.9. The van der Waals surface area contributed by atoms with E-state index in [-0.39, 0.29) is 12.7 Å². The highest BCUT2D eigenvalue weighted by atomic mass is 31.2. The van der Waals surface area contributed by atoms with Crippen LogP contribution in [0.15, 0.2) is 12.7 Å². The van der Waals surface area contributed by atoms with Crippen molar-refractivity contribution < 1.29 is 18.5 Å². The van der Waals surface area contributed by atoms with Gasteiger partial charge >= 0.3 is 7.82 Å². The molecule has 26 heavy (non-hydrogen) atoms. The number of rotatable bonds is 20. The lowest BCUT2D eigenvalue weighted by atomic mass is 10.0. The van der Waals surface area contributed by atoms with Crippen LogP contribution < -0.4 is 0 Å². The molecule has 0 saturated heterocycles. The molecule has 0 radical (unpaired) electrons. The van der Waals surface area contributed by atoms with E-state index in [1.807, 2.05) is 0 Å². The second-order valence-electron chi connectivity index (χ2n) is 7.25. The minimum Gasteiger partial charge on any atom is -0.302 e. The van der Waals surface area contributed by atoms with Crippen molar-refractivity contribution in [2.24, 2.45) is 0 Å². The SMILES string of the molecule is C=CCOP(=O)(O)OC(CCCCCCCC)CCCCCCCCC. The molecule has 1 N–H and O–H groups in total. The molecule has 0 amide bonds. The van der Waals surface area contributed by atoms with Crippen LogP contribution >= 0.6 is 7.82 Å². The third kappa shape index (κ3) is 17.3. The second kappa shape index (κ2) is 18.2. The molecule has 0 saturated carbocycles. The van der Waals surface area contributed by atoms with Crippen LogP contribution in [0.4, 0.5) is 0 Å². The first-order valence-electron chi connectivity index (χ1n) is 10.8. The molecule has 5 heteroatoms. The van der Waals surface area contributed by atoms with Crippen LogP contribution in [0.25, 0.3) is 0 Å². The van der Waals surface area contributed by atoms with Gasteiger partial charge in [-0.2, -0.15) is 0 Å². The van der Waals surface area contributed by atoms with Crippen molar-refractivity contribution in [1.82, 2.24) is 0 Å². The van der Waals surface area contributed by atoms with Crippen molar-refractivity contribution in [3.8, 4) is 0 Å². The largest absolute Gasteiger partial charge is 0.472 e. The van der Waals surface area contributed by atoms with Crippen molar-refractivity contribution >= 4 is 7.82 Å². The molecule has 0 bridgehead atoms. The summed E-state index contributed by atoms with van der Waals surface area (Å²) in [5.41, 5.74) is 0. The fourth-order valence-corrected chi connectivity index (χ4v) is 4.04. The average Bonchev–Trinajstić information content (AvgIpc) is 2.61. The van der Waals surface area contributed by atoms with Gasteiger partial charge in [0, 0.05) is 0 Å². The predicted molar refractivity (Wildman–Crippen MR) is 111 cm³/mol. The third-order valence-corrected chi connectivity index (χ3v) is 5.69. The highest BCUT2D eigenvalue weighted by Crippen LogP contribution is 2.46.